The highest BCUT2D eigenvalue weighted by Gasteiger charge is 2.36. The number of hydrogen-bond donors (Lipinski definition) is 1. The highest BCUT2D eigenvalue weighted by Crippen LogP contribution is 2.42. The summed E-state index contributed by atoms with van der Waals surface area (Å²) in [5.74, 6) is 0.339. The van der Waals surface area contributed by atoms with E-state index in [-0.39, 0.29) is 0 Å². The molecule has 16 heavy (non-hydrogen) atoms. The molecule has 1 N–H and O–H groups in total. The molecule has 2 rings (SSSR count). The number of halogens is 2. The van der Waals surface area contributed by atoms with Crippen molar-refractivity contribution in [2.75, 3.05) is 0 Å². The van der Waals surface area contributed by atoms with Crippen LogP contribution in [0, 0.1) is 5.92 Å². The maximum absolute atomic E-state index is 10.7. The van der Waals surface area contributed by atoms with Gasteiger partial charge in [0, 0.05) is 15.1 Å². The fourth-order valence-corrected chi connectivity index (χ4v) is 3.47. The van der Waals surface area contributed by atoms with Crippen molar-refractivity contribution >= 4 is 27.5 Å². The van der Waals surface area contributed by atoms with Crippen LogP contribution in [-0.2, 0) is 5.60 Å². The molecular formula is C13H16BrClO. The van der Waals surface area contributed by atoms with Crippen molar-refractivity contribution in [1.29, 1.82) is 0 Å². The summed E-state index contributed by atoms with van der Waals surface area (Å²) >= 11 is 9.58. The van der Waals surface area contributed by atoms with Crippen LogP contribution in [0.5, 0.6) is 0 Å². The molecule has 1 saturated carbocycles. The Labute approximate surface area is 110 Å². The van der Waals surface area contributed by atoms with Crippen LogP contribution in [0.4, 0.5) is 0 Å². The minimum Gasteiger partial charge on any atom is -0.385 e. The van der Waals surface area contributed by atoms with Gasteiger partial charge in [0.15, 0.2) is 0 Å². The topological polar surface area (TPSA) is 20.2 Å². The minimum atomic E-state index is -0.797. The molecule has 0 radical (unpaired) electrons. The molecule has 1 fully saturated rings. The maximum atomic E-state index is 10.7. The summed E-state index contributed by atoms with van der Waals surface area (Å²) in [7, 11) is 0. The van der Waals surface area contributed by atoms with Crippen LogP contribution in [0.1, 0.15) is 38.2 Å². The lowest BCUT2D eigenvalue weighted by Crippen LogP contribution is -2.30. The van der Waals surface area contributed by atoms with Crippen molar-refractivity contribution in [3.63, 3.8) is 0 Å². The Morgan fingerprint density at radius 3 is 2.56 bits per heavy atom. The van der Waals surface area contributed by atoms with Crippen LogP contribution in [0.3, 0.4) is 0 Å². The quantitative estimate of drug-likeness (QED) is 0.853. The van der Waals surface area contributed by atoms with Crippen LogP contribution >= 0.6 is 27.5 Å². The van der Waals surface area contributed by atoms with Gasteiger partial charge in [0.2, 0.25) is 0 Å². The van der Waals surface area contributed by atoms with E-state index in [1.807, 2.05) is 25.1 Å². The lowest BCUT2D eigenvalue weighted by molar-refractivity contribution is -0.00323. The average Bonchev–Trinajstić information content (AvgIpc) is 2.69. The number of aliphatic hydroxyl groups is 1. The molecule has 88 valence electrons. The molecule has 1 unspecified atom stereocenters. The molecule has 1 aromatic carbocycles. The summed E-state index contributed by atoms with van der Waals surface area (Å²) in [5.41, 5.74) is 0.0538. The summed E-state index contributed by atoms with van der Waals surface area (Å²) in [6, 6.07) is 5.70. The fourth-order valence-electron chi connectivity index (χ4n) is 2.61. The Morgan fingerprint density at radius 1 is 1.38 bits per heavy atom. The van der Waals surface area contributed by atoms with E-state index < -0.39 is 5.60 Å². The van der Waals surface area contributed by atoms with Gasteiger partial charge in [-0.2, -0.15) is 0 Å². The molecule has 0 aliphatic heterocycles. The molecule has 3 heteroatoms. The first-order chi connectivity index (χ1) is 7.51. The molecule has 0 heterocycles. The smallest absolute Gasteiger partial charge is 0.0910 e. The molecule has 1 aromatic rings. The Kier molecular flexibility index (Phi) is 3.62. The molecule has 0 saturated heterocycles. The van der Waals surface area contributed by atoms with Crippen molar-refractivity contribution in [2.45, 2.75) is 38.2 Å². The largest absolute Gasteiger partial charge is 0.385 e. The third kappa shape index (κ3) is 2.29. The fraction of sp³-hybridized carbons (Fsp3) is 0.538. The van der Waals surface area contributed by atoms with E-state index in [1.54, 1.807) is 0 Å². The van der Waals surface area contributed by atoms with Crippen LogP contribution in [0.25, 0.3) is 0 Å². The van der Waals surface area contributed by atoms with Crippen molar-refractivity contribution < 1.29 is 5.11 Å². The van der Waals surface area contributed by atoms with Gasteiger partial charge in [-0.25, -0.2) is 0 Å². The van der Waals surface area contributed by atoms with Gasteiger partial charge >= 0.3 is 0 Å². The first kappa shape index (κ1) is 12.4. The van der Waals surface area contributed by atoms with Gasteiger partial charge < -0.3 is 5.11 Å². The highest BCUT2D eigenvalue weighted by molar-refractivity contribution is 9.10. The predicted octanol–water partition coefficient (Wildman–Crippen LogP) is 4.50. The minimum absolute atomic E-state index is 0.339. The Balaban J connectivity index is 2.34. The molecule has 1 aliphatic rings. The van der Waals surface area contributed by atoms with E-state index in [2.05, 4.69) is 15.9 Å². The zero-order chi connectivity index (χ0) is 11.8. The number of rotatable bonds is 2. The normalized spacial score (nSPS) is 21.0. The predicted molar refractivity (Wildman–Crippen MR) is 70.7 cm³/mol. The van der Waals surface area contributed by atoms with Gasteiger partial charge in [0.25, 0.3) is 0 Å². The van der Waals surface area contributed by atoms with Crippen molar-refractivity contribution in [2.24, 2.45) is 5.92 Å². The van der Waals surface area contributed by atoms with E-state index in [9.17, 15) is 5.11 Å². The second-order valence-corrected chi connectivity index (χ2v) is 6.08. The third-order valence-electron chi connectivity index (χ3n) is 3.63. The van der Waals surface area contributed by atoms with Crippen molar-refractivity contribution in [1.82, 2.24) is 0 Å². The maximum Gasteiger partial charge on any atom is 0.0910 e. The summed E-state index contributed by atoms with van der Waals surface area (Å²) in [4.78, 5) is 0. The summed E-state index contributed by atoms with van der Waals surface area (Å²) in [5, 5.41) is 11.3. The van der Waals surface area contributed by atoms with E-state index >= 15 is 0 Å². The molecule has 0 bridgehead atoms. The molecular weight excluding hydrogens is 287 g/mol. The van der Waals surface area contributed by atoms with Gasteiger partial charge in [-0.15, -0.1) is 0 Å². The molecule has 1 atom stereocenters. The molecule has 0 amide bonds. The SMILES string of the molecule is CC(O)(c1ccc(Br)cc1Cl)C1CCCC1. The van der Waals surface area contributed by atoms with Gasteiger partial charge in [-0.3, -0.25) is 0 Å². The Bertz CT molecular complexity index is 384. The molecule has 1 aliphatic carbocycles. The Morgan fingerprint density at radius 2 is 2.00 bits per heavy atom. The summed E-state index contributed by atoms with van der Waals surface area (Å²) in [6.07, 6.45) is 4.63. The van der Waals surface area contributed by atoms with Crippen LogP contribution in [0.2, 0.25) is 5.02 Å². The van der Waals surface area contributed by atoms with Crippen LogP contribution in [-0.4, -0.2) is 5.11 Å². The zero-order valence-corrected chi connectivity index (χ0v) is 11.7. The van der Waals surface area contributed by atoms with Gasteiger partial charge in [-0.05, 0) is 37.8 Å². The van der Waals surface area contributed by atoms with Crippen molar-refractivity contribution in [3.05, 3.63) is 33.3 Å². The summed E-state index contributed by atoms with van der Waals surface area (Å²) < 4.78 is 0.948. The second kappa shape index (κ2) is 4.67. The van der Waals surface area contributed by atoms with Gasteiger partial charge in [0.1, 0.15) is 0 Å². The molecule has 0 aromatic heterocycles. The highest BCUT2D eigenvalue weighted by atomic mass is 79.9. The number of hydrogen-bond acceptors (Lipinski definition) is 1. The zero-order valence-electron chi connectivity index (χ0n) is 9.34. The van der Waals surface area contributed by atoms with Gasteiger partial charge in [-0.1, -0.05) is 46.4 Å². The first-order valence-electron chi connectivity index (χ1n) is 5.69. The average molecular weight is 304 g/mol. The monoisotopic (exact) mass is 302 g/mol. The molecule has 1 nitrogen and oxygen atoms in total. The second-order valence-electron chi connectivity index (χ2n) is 4.75. The first-order valence-corrected chi connectivity index (χ1v) is 6.87. The third-order valence-corrected chi connectivity index (χ3v) is 4.43. The number of benzene rings is 1. The van der Waals surface area contributed by atoms with E-state index in [0.29, 0.717) is 10.9 Å². The van der Waals surface area contributed by atoms with Crippen LogP contribution < -0.4 is 0 Å². The standard InChI is InChI=1S/C13H16BrClO/c1-13(16,9-4-2-3-5-9)11-7-6-10(14)8-12(11)15/h6-9,16H,2-5H2,1H3. The lowest BCUT2D eigenvalue weighted by Gasteiger charge is -2.31. The Hall–Kier alpha value is -0.0500. The van der Waals surface area contributed by atoms with Gasteiger partial charge in [0.05, 0.1) is 5.60 Å². The lowest BCUT2D eigenvalue weighted by atomic mass is 9.82. The summed E-state index contributed by atoms with van der Waals surface area (Å²) in [6.45, 7) is 1.89. The van der Waals surface area contributed by atoms with Crippen LogP contribution in [0.15, 0.2) is 22.7 Å². The van der Waals surface area contributed by atoms with E-state index in [0.717, 1.165) is 22.9 Å². The molecule has 0 spiro atoms. The van der Waals surface area contributed by atoms with E-state index in [4.69, 9.17) is 11.6 Å². The van der Waals surface area contributed by atoms with E-state index in [1.165, 1.54) is 12.8 Å². The van der Waals surface area contributed by atoms with Crippen molar-refractivity contribution in [3.8, 4) is 0 Å².